The summed E-state index contributed by atoms with van der Waals surface area (Å²) >= 11 is 3.57. The van der Waals surface area contributed by atoms with E-state index < -0.39 is 0 Å². The molecule has 0 bridgehead atoms. The zero-order chi connectivity index (χ0) is 13.6. The highest BCUT2D eigenvalue weighted by Crippen LogP contribution is 2.29. The highest BCUT2D eigenvalue weighted by molar-refractivity contribution is 9.10. The summed E-state index contributed by atoms with van der Waals surface area (Å²) in [5.41, 5.74) is 1.32. The van der Waals surface area contributed by atoms with E-state index >= 15 is 0 Å². The molecule has 0 aliphatic rings. The van der Waals surface area contributed by atoms with Crippen molar-refractivity contribution in [1.82, 2.24) is 5.32 Å². The van der Waals surface area contributed by atoms with Crippen LogP contribution in [0.1, 0.15) is 46.1 Å². The standard InChI is InChI=1S/C15H24BrNO/c1-5-6-10-18-14-12(8-7-9-13(14)16)11-17-15(2,3)4/h7-9,17H,5-6,10-11H2,1-4H3. The lowest BCUT2D eigenvalue weighted by Gasteiger charge is -2.22. The molecule has 2 nitrogen and oxygen atoms in total. The molecule has 102 valence electrons. The zero-order valence-corrected chi connectivity index (χ0v) is 13.4. The predicted molar refractivity (Wildman–Crippen MR) is 81.1 cm³/mol. The number of hydrogen-bond acceptors (Lipinski definition) is 2. The lowest BCUT2D eigenvalue weighted by atomic mass is 10.1. The molecule has 0 atom stereocenters. The number of hydrogen-bond donors (Lipinski definition) is 1. The van der Waals surface area contributed by atoms with E-state index in [9.17, 15) is 0 Å². The molecule has 0 fully saturated rings. The molecule has 0 spiro atoms. The molecule has 3 heteroatoms. The quantitative estimate of drug-likeness (QED) is 0.780. The first kappa shape index (κ1) is 15.5. The van der Waals surface area contributed by atoms with Gasteiger partial charge in [-0.15, -0.1) is 0 Å². The summed E-state index contributed by atoms with van der Waals surface area (Å²) in [5.74, 6) is 0.975. The highest BCUT2D eigenvalue weighted by Gasteiger charge is 2.12. The van der Waals surface area contributed by atoms with Gasteiger partial charge in [-0.05, 0) is 49.2 Å². The second-order valence-electron chi connectivity index (χ2n) is 5.53. The van der Waals surface area contributed by atoms with E-state index in [0.717, 1.165) is 36.2 Å². The Kier molecular flexibility index (Phi) is 6.16. The van der Waals surface area contributed by atoms with Crippen LogP contribution in [0, 0.1) is 0 Å². The van der Waals surface area contributed by atoms with Gasteiger partial charge in [-0.1, -0.05) is 25.5 Å². The van der Waals surface area contributed by atoms with Gasteiger partial charge in [-0.25, -0.2) is 0 Å². The van der Waals surface area contributed by atoms with Crippen LogP contribution in [0.3, 0.4) is 0 Å². The molecule has 1 aromatic rings. The van der Waals surface area contributed by atoms with Gasteiger partial charge in [0.25, 0.3) is 0 Å². The van der Waals surface area contributed by atoms with Crippen LogP contribution < -0.4 is 10.1 Å². The number of para-hydroxylation sites is 1. The van der Waals surface area contributed by atoms with Crippen LogP contribution in [0.2, 0.25) is 0 Å². The SMILES string of the molecule is CCCCOc1c(Br)cccc1CNC(C)(C)C. The third kappa shape index (κ3) is 5.40. The Morgan fingerprint density at radius 1 is 1.28 bits per heavy atom. The third-order valence-electron chi connectivity index (χ3n) is 2.60. The Hall–Kier alpha value is -0.540. The molecule has 0 aliphatic heterocycles. The van der Waals surface area contributed by atoms with Gasteiger partial charge in [0, 0.05) is 17.6 Å². The number of nitrogens with one attached hydrogen (secondary N) is 1. The molecule has 1 aromatic carbocycles. The van der Waals surface area contributed by atoms with Crippen molar-refractivity contribution in [2.24, 2.45) is 0 Å². The largest absolute Gasteiger partial charge is 0.492 e. The summed E-state index contributed by atoms with van der Waals surface area (Å²) in [5, 5.41) is 3.50. The van der Waals surface area contributed by atoms with Crippen molar-refractivity contribution in [3.8, 4) is 5.75 Å². The molecule has 0 unspecified atom stereocenters. The smallest absolute Gasteiger partial charge is 0.137 e. The maximum Gasteiger partial charge on any atom is 0.137 e. The van der Waals surface area contributed by atoms with Crippen molar-refractivity contribution in [2.45, 2.75) is 52.6 Å². The number of benzene rings is 1. The lowest BCUT2D eigenvalue weighted by molar-refractivity contribution is 0.301. The van der Waals surface area contributed by atoms with Crippen LogP contribution in [0.25, 0.3) is 0 Å². The molecular weight excluding hydrogens is 290 g/mol. The van der Waals surface area contributed by atoms with Crippen LogP contribution in [0.4, 0.5) is 0 Å². The van der Waals surface area contributed by atoms with E-state index in [0.29, 0.717) is 0 Å². The highest BCUT2D eigenvalue weighted by atomic mass is 79.9. The summed E-state index contributed by atoms with van der Waals surface area (Å²) in [6.07, 6.45) is 2.24. The molecule has 18 heavy (non-hydrogen) atoms. The summed E-state index contributed by atoms with van der Waals surface area (Å²) in [4.78, 5) is 0. The van der Waals surface area contributed by atoms with E-state index in [1.165, 1.54) is 5.56 Å². The topological polar surface area (TPSA) is 21.3 Å². The minimum Gasteiger partial charge on any atom is -0.492 e. The van der Waals surface area contributed by atoms with E-state index in [1.807, 2.05) is 6.07 Å². The fraction of sp³-hybridized carbons (Fsp3) is 0.600. The normalized spacial score (nSPS) is 11.6. The van der Waals surface area contributed by atoms with Crippen LogP contribution in [-0.4, -0.2) is 12.1 Å². The van der Waals surface area contributed by atoms with Gasteiger partial charge >= 0.3 is 0 Å². The van der Waals surface area contributed by atoms with Crippen molar-refractivity contribution < 1.29 is 4.74 Å². The van der Waals surface area contributed by atoms with Gasteiger partial charge in [0.05, 0.1) is 11.1 Å². The first-order valence-electron chi connectivity index (χ1n) is 6.59. The maximum atomic E-state index is 5.89. The van der Waals surface area contributed by atoms with Gasteiger partial charge in [-0.2, -0.15) is 0 Å². The van der Waals surface area contributed by atoms with Crippen molar-refractivity contribution in [2.75, 3.05) is 6.61 Å². The van der Waals surface area contributed by atoms with Gasteiger partial charge in [-0.3, -0.25) is 0 Å². The van der Waals surface area contributed by atoms with Crippen LogP contribution in [-0.2, 0) is 6.54 Å². The van der Waals surface area contributed by atoms with Crippen molar-refractivity contribution >= 4 is 15.9 Å². The Labute approximate surface area is 119 Å². The molecule has 0 aromatic heterocycles. The first-order valence-corrected chi connectivity index (χ1v) is 7.38. The number of ether oxygens (including phenoxy) is 1. The average molecular weight is 314 g/mol. The van der Waals surface area contributed by atoms with E-state index in [-0.39, 0.29) is 5.54 Å². The average Bonchev–Trinajstić information content (AvgIpc) is 2.28. The fourth-order valence-corrected chi connectivity index (χ4v) is 2.06. The van der Waals surface area contributed by atoms with Crippen LogP contribution >= 0.6 is 15.9 Å². The monoisotopic (exact) mass is 313 g/mol. The third-order valence-corrected chi connectivity index (χ3v) is 3.23. The predicted octanol–water partition coefficient (Wildman–Crippen LogP) is 4.52. The van der Waals surface area contributed by atoms with Crippen LogP contribution in [0.5, 0.6) is 5.75 Å². The van der Waals surface area contributed by atoms with E-state index in [1.54, 1.807) is 0 Å². The Bertz CT molecular complexity index is 371. The van der Waals surface area contributed by atoms with Gasteiger partial charge in [0.15, 0.2) is 0 Å². The summed E-state index contributed by atoms with van der Waals surface area (Å²) in [7, 11) is 0. The number of halogens is 1. The van der Waals surface area contributed by atoms with Crippen molar-refractivity contribution in [3.63, 3.8) is 0 Å². The number of rotatable bonds is 6. The van der Waals surface area contributed by atoms with E-state index in [2.05, 4.69) is 61.1 Å². The number of unbranched alkanes of at least 4 members (excludes halogenated alkanes) is 1. The van der Waals surface area contributed by atoms with Crippen LogP contribution in [0.15, 0.2) is 22.7 Å². The van der Waals surface area contributed by atoms with Gasteiger partial charge < -0.3 is 10.1 Å². The molecule has 0 radical (unpaired) electrons. The minimum absolute atomic E-state index is 0.114. The Morgan fingerprint density at radius 3 is 2.61 bits per heavy atom. The van der Waals surface area contributed by atoms with Crippen molar-refractivity contribution in [3.05, 3.63) is 28.2 Å². The molecule has 0 saturated carbocycles. The molecule has 0 saturated heterocycles. The van der Waals surface area contributed by atoms with Gasteiger partial charge in [0.1, 0.15) is 5.75 Å². The second kappa shape index (κ2) is 7.15. The second-order valence-corrected chi connectivity index (χ2v) is 6.39. The molecule has 0 heterocycles. The summed E-state index contributed by atoms with van der Waals surface area (Å²) in [6, 6.07) is 6.20. The molecule has 1 rings (SSSR count). The minimum atomic E-state index is 0.114. The lowest BCUT2D eigenvalue weighted by Crippen LogP contribution is -2.35. The van der Waals surface area contributed by atoms with Crippen molar-refractivity contribution in [1.29, 1.82) is 0 Å². The Morgan fingerprint density at radius 2 is 2.00 bits per heavy atom. The Balaban J connectivity index is 2.73. The summed E-state index contributed by atoms with van der Waals surface area (Å²) < 4.78 is 6.92. The first-order chi connectivity index (χ1) is 8.44. The molecule has 0 aliphatic carbocycles. The molecule has 1 N–H and O–H groups in total. The summed E-state index contributed by atoms with van der Waals surface area (Å²) in [6.45, 7) is 10.3. The van der Waals surface area contributed by atoms with E-state index in [4.69, 9.17) is 4.74 Å². The molecule has 0 amide bonds. The fourth-order valence-electron chi connectivity index (χ4n) is 1.53. The van der Waals surface area contributed by atoms with Gasteiger partial charge in [0.2, 0.25) is 0 Å². The maximum absolute atomic E-state index is 5.89. The zero-order valence-electron chi connectivity index (χ0n) is 11.8. The molecular formula is C15H24BrNO.